The fraction of sp³-hybridized carbons (Fsp3) is 0.636. The molecule has 1 unspecified atom stereocenters. The summed E-state index contributed by atoms with van der Waals surface area (Å²) in [5, 5.41) is 9.71. The second kappa shape index (κ2) is 6.37. The zero-order valence-electron chi connectivity index (χ0n) is 9.46. The van der Waals surface area contributed by atoms with Gasteiger partial charge in [-0.2, -0.15) is 13.2 Å². The Bertz CT molecular complexity index is 336. The van der Waals surface area contributed by atoms with E-state index in [1.807, 2.05) is 13.0 Å². The maximum atomic E-state index is 11.8. The number of aliphatic hydroxyl groups excluding tert-OH is 1. The molecule has 0 bridgehead atoms. The number of hydrogen-bond donors (Lipinski definition) is 1. The summed E-state index contributed by atoms with van der Waals surface area (Å²) in [6.07, 6.45) is -3.97. The highest BCUT2D eigenvalue weighted by molar-refractivity contribution is 7.12. The average Bonchev–Trinajstić information content (AvgIpc) is 2.71. The predicted molar refractivity (Wildman–Crippen MR) is 60.1 cm³/mol. The zero-order valence-corrected chi connectivity index (χ0v) is 10.3. The van der Waals surface area contributed by atoms with E-state index in [0.717, 1.165) is 16.2 Å². The molecule has 0 spiro atoms. The number of aliphatic hydroxyl groups is 1. The summed E-state index contributed by atoms with van der Waals surface area (Å²) in [6.45, 7) is 0.652. The highest BCUT2D eigenvalue weighted by Crippen LogP contribution is 2.26. The van der Waals surface area contributed by atoms with Gasteiger partial charge in [0, 0.05) is 22.8 Å². The number of alkyl halides is 3. The number of thiophene rings is 1. The Kier molecular flexibility index (Phi) is 5.42. The topological polar surface area (TPSA) is 29.5 Å². The van der Waals surface area contributed by atoms with E-state index in [0.29, 0.717) is 0 Å². The van der Waals surface area contributed by atoms with E-state index in [9.17, 15) is 18.3 Å². The van der Waals surface area contributed by atoms with Crippen LogP contribution in [0.4, 0.5) is 13.2 Å². The van der Waals surface area contributed by atoms with Crippen LogP contribution in [0.3, 0.4) is 0 Å². The number of rotatable bonds is 6. The minimum absolute atomic E-state index is 0.0972. The number of aryl methyl sites for hydroxylation is 1. The molecule has 1 aromatic rings. The first-order chi connectivity index (χ1) is 7.92. The average molecular weight is 268 g/mol. The lowest BCUT2D eigenvalue weighted by Gasteiger charge is -2.10. The summed E-state index contributed by atoms with van der Waals surface area (Å²) in [7, 11) is 0. The maximum absolute atomic E-state index is 11.8. The molecular weight excluding hydrogens is 253 g/mol. The Morgan fingerprint density at radius 2 is 2.12 bits per heavy atom. The van der Waals surface area contributed by atoms with Crippen LogP contribution in [0.25, 0.3) is 0 Å². The van der Waals surface area contributed by atoms with Gasteiger partial charge in [0.05, 0.1) is 6.10 Å². The first-order valence-corrected chi connectivity index (χ1v) is 6.15. The van der Waals surface area contributed by atoms with E-state index in [-0.39, 0.29) is 13.0 Å². The first kappa shape index (κ1) is 14.5. The van der Waals surface area contributed by atoms with Crippen molar-refractivity contribution >= 4 is 11.3 Å². The van der Waals surface area contributed by atoms with E-state index in [4.69, 9.17) is 0 Å². The van der Waals surface area contributed by atoms with Crippen molar-refractivity contribution in [3.8, 4) is 0 Å². The fourth-order valence-electron chi connectivity index (χ4n) is 1.29. The Morgan fingerprint density at radius 1 is 1.41 bits per heavy atom. The standard InChI is InChI=1S/C11H15F3O2S/c1-2-8-3-4-10(17-8)9(15)5-6-16-7-11(12,13)14/h3-4,9,15H,2,5-7H2,1H3. The van der Waals surface area contributed by atoms with Crippen molar-refractivity contribution in [1.82, 2.24) is 0 Å². The maximum Gasteiger partial charge on any atom is 0.411 e. The molecule has 1 heterocycles. The fourth-order valence-corrected chi connectivity index (χ4v) is 2.26. The molecule has 98 valence electrons. The molecule has 17 heavy (non-hydrogen) atoms. The van der Waals surface area contributed by atoms with E-state index in [1.165, 1.54) is 11.3 Å². The Balaban J connectivity index is 2.27. The zero-order chi connectivity index (χ0) is 12.9. The van der Waals surface area contributed by atoms with Crippen molar-refractivity contribution in [3.05, 3.63) is 21.9 Å². The van der Waals surface area contributed by atoms with E-state index in [1.54, 1.807) is 6.07 Å². The molecule has 0 aliphatic heterocycles. The van der Waals surface area contributed by atoms with Gasteiger partial charge in [-0.25, -0.2) is 0 Å². The molecule has 0 saturated heterocycles. The van der Waals surface area contributed by atoms with Crippen molar-refractivity contribution in [2.24, 2.45) is 0 Å². The molecule has 0 saturated carbocycles. The molecule has 0 aliphatic rings. The molecule has 6 heteroatoms. The van der Waals surface area contributed by atoms with Crippen LogP contribution < -0.4 is 0 Å². The summed E-state index contributed by atoms with van der Waals surface area (Å²) in [5.74, 6) is 0. The van der Waals surface area contributed by atoms with Gasteiger partial charge in [-0.05, 0) is 18.6 Å². The van der Waals surface area contributed by atoms with Gasteiger partial charge in [0.15, 0.2) is 0 Å². The normalized spacial score (nSPS) is 13.9. The molecule has 1 aromatic heterocycles. The van der Waals surface area contributed by atoms with Gasteiger partial charge in [-0.1, -0.05) is 6.92 Å². The summed E-state index contributed by atoms with van der Waals surface area (Å²) < 4.78 is 39.7. The Labute approximate surface area is 102 Å². The van der Waals surface area contributed by atoms with Crippen molar-refractivity contribution in [2.75, 3.05) is 13.2 Å². The molecular formula is C11H15F3O2S. The highest BCUT2D eigenvalue weighted by Gasteiger charge is 2.27. The van der Waals surface area contributed by atoms with Crippen LogP contribution >= 0.6 is 11.3 Å². The molecule has 2 nitrogen and oxygen atoms in total. The highest BCUT2D eigenvalue weighted by atomic mass is 32.1. The minimum Gasteiger partial charge on any atom is -0.387 e. The summed E-state index contributed by atoms with van der Waals surface area (Å²) in [4.78, 5) is 1.92. The van der Waals surface area contributed by atoms with E-state index in [2.05, 4.69) is 4.74 Å². The van der Waals surface area contributed by atoms with Gasteiger partial charge in [-0.3, -0.25) is 0 Å². The predicted octanol–water partition coefficient (Wildman–Crippen LogP) is 3.31. The van der Waals surface area contributed by atoms with Crippen molar-refractivity contribution in [1.29, 1.82) is 0 Å². The van der Waals surface area contributed by atoms with Crippen LogP contribution in [0.5, 0.6) is 0 Å². The molecule has 1 N–H and O–H groups in total. The molecule has 1 rings (SSSR count). The van der Waals surface area contributed by atoms with E-state index >= 15 is 0 Å². The lowest BCUT2D eigenvalue weighted by atomic mass is 10.2. The molecule has 0 radical (unpaired) electrons. The summed E-state index contributed by atoms with van der Waals surface area (Å²) in [5.41, 5.74) is 0. The third kappa shape index (κ3) is 5.52. The van der Waals surface area contributed by atoms with Crippen molar-refractivity contribution in [3.63, 3.8) is 0 Å². The van der Waals surface area contributed by atoms with Crippen LogP contribution in [0.2, 0.25) is 0 Å². The second-order valence-corrected chi connectivity index (χ2v) is 4.83. The van der Waals surface area contributed by atoms with Crippen LogP contribution in [0.1, 0.15) is 29.2 Å². The monoisotopic (exact) mass is 268 g/mol. The smallest absolute Gasteiger partial charge is 0.387 e. The molecule has 0 amide bonds. The SMILES string of the molecule is CCc1ccc(C(O)CCOCC(F)(F)F)s1. The third-order valence-electron chi connectivity index (χ3n) is 2.16. The van der Waals surface area contributed by atoms with Gasteiger partial charge in [0.1, 0.15) is 6.61 Å². The van der Waals surface area contributed by atoms with Crippen LogP contribution in [-0.4, -0.2) is 24.5 Å². The largest absolute Gasteiger partial charge is 0.411 e. The Hall–Kier alpha value is -0.590. The Morgan fingerprint density at radius 3 is 2.65 bits per heavy atom. The first-order valence-electron chi connectivity index (χ1n) is 5.33. The molecule has 0 aromatic carbocycles. The number of ether oxygens (including phenoxy) is 1. The lowest BCUT2D eigenvalue weighted by Crippen LogP contribution is -2.18. The lowest BCUT2D eigenvalue weighted by molar-refractivity contribution is -0.175. The van der Waals surface area contributed by atoms with Gasteiger partial charge >= 0.3 is 6.18 Å². The van der Waals surface area contributed by atoms with Gasteiger partial charge in [0.2, 0.25) is 0 Å². The van der Waals surface area contributed by atoms with Gasteiger partial charge in [-0.15, -0.1) is 11.3 Å². The quantitative estimate of drug-likeness (QED) is 0.802. The minimum atomic E-state index is -4.30. The van der Waals surface area contributed by atoms with Gasteiger partial charge in [0.25, 0.3) is 0 Å². The molecule has 1 atom stereocenters. The molecule has 0 fully saturated rings. The third-order valence-corrected chi connectivity index (χ3v) is 3.49. The summed E-state index contributed by atoms with van der Waals surface area (Å²) in [6, 6.07) is 3.72. The van der Waals surface area contributed by atoms with Crippen molar-refractivity contribution < 1.29 is 23.0 Å². The van der Waals surface area contributed by atoms with Crippen LogP contribution in [0, 0.1) is 0 Å². The van der Waals surface area contributed by atoms with Crippen molar-refractivity contribution in [2.45, 2.75) is 32.0 Å². The number of hydrogen-bond acceptors (Lipinski definition) is 3. The molecule has 0 aliphatic carbocycles. The number of halogens is 3. The summed E-state index contributed by atoms with van der Waals surface area (Å²) >= 11 is 1.48. The second-order valence-electron chi connectivity index (χ2n) is 3.63. The van der Waals surface area contributed by atoms with Crippen LogP contribution in [0.15, 0.2) is 12.1 Å². The van der Waals surface area contributed by atoms with Crippen LogP contribution in [-0.2, 0) is 11.2 Å². The van der Waals surface area contributed by atoms with E-state index < -0.39 is 18.9 Å². The van der Waals surface area contributed by atoms with Gasteiger partial charge < -0.3 is 9.84 Å².